The number of anilines is 1. The molecule has 2 heterocycles. The van der Waals surface area contributed by atoms with E-state index in [2.05, 4.69) is 31.5 Å². The molecule has 0 radical (unpaired) electrons. The van der Waals surface area contributed by atoms with Gasteiger partial charge in [-0.1, -0.05) is 17.7 Å². The van der Waals surface area contributed by atoms with Crippen LogP contribution in [-0.2, 0) is 4.79 Å². The van der Waals surface area contributed by atoms with Gasteiger partial charge in [-0.25, -0.2) is 4.79 Å². The minimum absolute atomic E-state index is 0. The Kier molecular flexibility index (Phi) is 7.96. The highest BCUT2D eigenvalue weighted by atomic mass is 127. The van der Waals surface area contributed by atoms with E-state index in [-0.39, 0.29) is 42.5 Å². The van der Waals surface area contributed by atoms with E-state index < -0.39 is 0 Å². The van der Waals surface area contributed by atoms with Gasteiger partial charge in [0, 0.05) is 57.0 Å². The molecule has 148 valence electrons. The quantitative estimate of drug-likeness (QED) is 0.278. The summed E-state index contributed by atoms with van der Waals surface area (Å²) in [4.78, 5) is 33.1. The van der Waals surface area contributed by atoms with E-state index in [0.29, 0.717) is 13.1 Å². The largest absolute Gasteiger partial charge is 0.368 e. The highest BCUT2D eigenvalue weighted by Gasteiger charge is 2.28. The third kappa shape index (κ3) is 5.38. The highest BCUT2D eigenvalue weighted by molar-refractivity contribution is 14.0. The third-order valence-corrected chi connectivity index (χ3v) is 4.76. The number of halogens is 2. The Morgan fingerprint density at radius 2 is 2.00 bits per heavy atom. The van der Waals surface area contributed by atoms with E-state index >= 15 is 0 Å². The van der Waals surface area contributed by atoms with E-state index in [1.165, 1.54) is 4.90 Å². The van der Waals surface area contributed by atoms with Gasteiger partial charge in [-0.2, -0.15) is 0 Å². The van der Waals surface area contributed by atoms with Crippen molar-refractivity contribution in [1.29, 1.82) is 0 Å². The molecule has 2 saturated heterocycles. The van der Waals surface area contributed by atoms with Crippen molar-refractivity contribution in [2.45, 2.75) is 0 Å². The van der Waals surface area contributed by atoms with Crippen LogP contribution in [0.3, 0.4) is 0 Å². The molecular formula is C17H24ClIN6O2. The van der Waals surface area contributed by atoms with Gasteiger partial charge in [0.15, 0.2) is 5.96 Å². The average molecular weight is 507 g/mol. The molecule has 0 unspecified atom stereocenters. The Hall–Kier alpha value is -1.75. The minimum atomic E-state index is -0.332. The Bertz CT molecular complexity index is 692. The van der Waals surface area contributed by atoms with Gasteiger partial charge >= 0.3 is 6.03 Å². The van der Waals surface area contributed by atoms with Crippen molar-refractivity contribution >= 4 is 59.2 Å². The number of hydrogen-bond donors (Lipinski definition) is 2. The number of aliphatic imine (C=N–C) groups is 1. The Morgan fingerprint density at radius 1 is 1.26 bits per heavy atom. The van der Waals surface area contributed by atoms with Gasteiger partial charge in [0.25, 0.3) is 0 Å². The van der Waals surface area contributed by atoms with Crippen LogP contribution >= 0.6 is 35.6 Å². The summed E-state index contributed by atoms with van der Waals surface area (Å²) in [6.07, 6.45) is 0. The number of piperazine rings is 1. The molecule has 3 amide bonds. The van der Waals surface area contributed by atoms with Crippen LogP contribution in [0.2, 0.25) is 5.02 Å². The van der Waals surface area contributed by atoms with E-state index in [1.807, 2.05) is 18.2 Å². The lowest BCUT2D eigenvalue weighted by molar-refractivity contribution is -0.124. The van der Waals surface area contributed by atoms with Crippen LogP contribution in [0.5, 0.6) is 0 Å². The van der Waals surface area contributed by atoms with Crippen molar-refractivity contribution in [2.75, 3.05) is 57.8 Å². The van der Waals surface area contributed by atoms with Crippen molar-refractivity contribution in [1.82, 2.24) is 20.4 Å². The SMILES string of the molecule is CN=C(NCCN1C(=O)CNC1=O)N1CCN(c2cccc(Cl)c2)CC1.I. The summed E-state index contributed by atoms with van der Waals surface area (Å²) in [6.45, 7) is 4.28. The van der Waals surface area contributed by atoms with Crippen LogP contribution in [-0.4, -0.2) is 80.6 Å². The van der Waals surface area contributed by atoms with Gasteiger partial charge < -0.3 is 20.4 Å². The summed E-state index contributed by atoms with van der Waals surface area (Å²) >= 11 is 6.07. The van der Waals surface area contributed by atoms with Crippen LogP contribution in [0.1, 0.15) is 0 Å². The number of imide groups is 1. The molecule has 0 aliphatic carbocycles. The lowest BCUT2D eigenvalue weighted by atomic mass is 10.2. The number of guanidine groups is 1. The monoisotopic (exact) mass is 506 g/mol. The molecule has 0 atom stereocenters. The number of urea groups is 1. The maximum Gasteiger partial charge on any atom is 0.324 e. The predicted octanol–water partition coefficient (Wildman–Crippen LogP) is 1.21. The van der Waals surface area contributed by atoms with E-state index in [1.54, 1.807) is 7.05 Å². The van der Waals surface area contributed by atoms with Crippen LogP contribution < -0.4 is 15.5 Å². The maximum atomic E-state index is 11.6. The van der Waals surface area contributed by atoms with Gasteiger partial charge in [0.2, 0.25) is 5.91 Å². The van der Waals surface area contributed by atoms with Crippen molar-refractivity contribution in [2.24, 2.45) is 4.99 Å². The number of nitrogens with one attached hydrogen (secondary N) is 2. The molecule has 2 N–H and O–H groups in total. The Morgan fingerprint density at radius 3 is 2.59 bits per heavy atom. The molecule has 2 aliphatic heterocycles. The number of nitrogens with zero attached hydrogens (tertiary/aromatic N) is 4. The number of carbonyl (C=O) groups excluding carboxylic acids is 2. The predicted molar refractivity (Wildman–Crippen MR) is 117 cm³/mol. The number of hydrogen-bond acceptors (Lipinski definition) is 4. The normalized spacial score (nSPS) is 17.7. The van der Waals surface area contributed by atoms with Gasteiger partial charge in [0.1, 0.15) is 0 Å². The molecule has 0 saturated carbocycles. The van der Waals surface area contributed by atoms with E-state index in [0.717, 1.165) is 42.8 Å². The smallest absolute Gasteiger partial charge is 0.324 e. The van der Waals surface area contributed by atoms with E-state index in [9.17, 15) is 9.59 Å². The van der Waals surface area contributed by atoms with Crippen LogP contribution in [0, 0.1) is 0 Å². The molecular weight excluding hydrogens is 483 g/mol. The highest BCUT2D eigenvalue weighted by Crippen LogP contribution is 2.20. The minimum Gasteiger partial charge on any atom is -0.368 e. The lowest BCUT2D eigenvalue weighted by Gasteiger charge is -2.37. The number of rotatable bonds is 4. The van der Waals surface area contributed by atoms with Gasteiger partial charge in [-0.3, -0.25) is 14.7 Å². The molecule has 2 fully saturated rings. The first kappa shape index (κ1) is 21.5. The lowest BCUT2D eigenvalue weighted by Crippen LogP contribution is -2.53. The zero-order valence-electron chi connectivity index (χ0n) is 15.2. The van der Waals surface area contributed by atoms with Crippen molar-refractivity contribution < 1.29 is 9.59 Å². The fraction of sp³-hybridized carbons (Fsp3) is 0.471. The molecule has 0 bridgehead atoms. The first-order chi connectivity index (χ1) is 12.6. The summed E-state index contributed by atoms with van der Waals surface area (Å²) in [5.74, 6) is 0.588. The molecule has 2 aliphatic rings. The van der Waals surface area contributed by atoms with Gasteiger partial charge in [-0.15, -0.1) is 24.0 Å². The fourth-order valence-corrected chi connectivity index (χ4v) is 3.33. The zero-order valence-corrected chi connectivity index (χ0v) is 18.2. The van der Waals surface area contributed by atoms with Crippen molar-refractivity contribution in [3.05, 3.63) is 29.3 Å². The topological polar surface area (TPSA) is 80.3 Å². The number of benzene rings is 1. The molecule has 3 rings (SSSR count). The average Bonchev–Trinajstić information content (AvgIpc) is 2.97. The molecule has 27 heavy (non-hydrogen) atoms. The first-order valence-corrected chi connectivity index (χ1v) is 9.00. The summed E-state index contributed by atoms with van der Waals surface area (Å²) in [5.41, 5.74) is 1.12. The Labute approximate surface area is 180 Å². The number of amides is 3. The Balaban J connectivity index is 0.00000261. The zero-order chi connectivity index (χ0) is 18.5. The standard InChI is InChI=1S/C17H23ClN6O2.HI/c1-19-16(20-5-6-24-15(25)12-21-17(24)26)23-9-7-22(8-10-23)14-4-2-3-13(18)11-14;/h2-4,11H,5-10,12H2,1H3,(H,19,20)(H,21,26);1H. The molecule has 1 aromatic rings. The second-order valence-electron chi connectivity index (χ2n) is 6.13. The molecule has 0 spiro atoms. The summed E-state index contributed by atoms with van der Waals surface area (Å²) in [5, 5.41) is 6.49. The van der Waals surface area contributed by atoms with Crippen LogP contribution in [0.4, 0.5) is 10.5 Å². The second-order valence-corrected chi connectivity index (χ2v) is 6.57. The van der Waals surface area contributed by atoms with Gasteiger partial charge in [0.05, 0.1) is 6.54 Å². The van der Waals surface area contributed by atoms with Crippen LogP contribution in [0.25, 0.3) is 0 Å². The summed E-state index contributed by atoms with van der Waals surface area (Å²) in [6, 6.07) is 7.54. The first-order valence-electron chi connectivity index (χ1n) is 8.63. The van der Waals surface area contributed by atoms with E-state index in [4.69, 9.17) is 11.6 Å². The summed E-state index contributed by atoms with van der Waals surface area (Å²) in [7, 11) is 1.74. The molecule has 1 aromatic carbocycles. The molecule has 8 nitrogen and oxygen atoms in total. The summed E-state index contributed by atoms with van der Waals surface area (Å²) < 4.78 is 0. The third-order valence-electron chi connectivity index (χ3n) is 4.52. The fourth-order valence-electron chi connectivity index (χ4n) is 3.14. The van der Waals surface area contributed by atoms with Crippen molar-refractivity contribution in [3.8, 4) is 0 Å². The molecule has 0 aromatic heterocycles. The molecule has 10 heteroatoms. The van der Waals surface area contributed by atoms with Crippen LogP contribution in [0.15, 0.2) is 29.3 Å². The maximum absolute atomic E-state index is 11.6. The van der Waals surface area contributed by atoms with Crippen molar-refractivity contribution in [3.63, 3.8) is 0 Å². The second kappa shape index (κ2) is 9.98. The number of carbonyl (C=O) groups is 2. The van der Waals surface area contributed by atoms with Gasteiger partial charge in [-0.05, 0) is 18.2 Å².